The van der Waals surface area contributed by atoms with E-state index in [9.17, 15) is 10.1 Å². The summed E-state index contributed by atoms with van der Waals surface area (Å²) in [6.45, 7) is 5.93. The van der Waals surface area contributed by atoms with E-state index < -0.39 is 5.97 Å². The van der Waals surface area contributed by atoms with Crippen molar-refractivity contribution in [1.82, 2.24) is 9.97 Å². The smallest absolute Gasteiger partial charge is 0.343 e. The molecule has 3 rings (SSSR count). The van der Waals surface area contributed by atoms with E-state index in [1.807, 2.05) is 32.9 Å². The summed E-state index contributed by atoms with van der Waals surface area (Å²) in [7, 11) is 1.27. The number of aromatic nitrogens is 2. The highest BCUT2D eigenvalue weighted by Crippen LogP contribution is 2.37. The predicted octanol–water partition coefficient (Wildman–Crippen LogP) is 4.85. The lowest BCUT2D eigenvalue weighted by molar-refractivity contribution is -0.142. The average Bonchev–Trinajstić information content (AvgIpc) is 3.14. The van der Waals surface area contributed by atoms with Gasteiger partial charge in [0.05, 0.1) is 35.3 Å². The molecule has 0 aliphatic carbocycles. The van der Waals surface area contributed by atoms with Gasteiger partial charge in [0.15, 0.2) is 18.1 Å². The molecule has 160 valence electrons. The molecule has 2 aromatic carbocycles. The minimum Gasteiger partial charge on any atom is -0.490 e. The lowest BCUT2D eigenvalue weighted by Gasteiger charge is -2.14. The van der Waals surface area contributed by atoms with Gasteiger partial charge < -0.3 is 19.2 Å². The van der Waals surface area contributed by atoms with Gasteiger partial charge in [-0.1, -0.05) is 11.6 Å². The Balaban J connectivity index is 2.00. The van der Waals surface area contributed by atoms with Crippen LogP contribution in [0.5, 0.6) is 11.5 Å². The lowest BCUT2D eigenvalue weighted by Crippen LogP contribution is -2.13. The number of aromatic amines is 1. The second kappa shape index (κ2) is 9.54. The summed E-state index contributed by atoms with van der Waals surface area (Å²) in [6, 6.07) is 9.49. The van der Waals surface area contributed by atoms with Gasteiger partial charge in [-0.3, -0.25) is 0 Å². The van der Waals surface area contributed by atoms with Crippen molar-refractivity contribution >= 4 is 40.3 Å². The molecule has 7 nitrogen and oxygen atoms in total. The molecule has 0 saturated heterocycles. The van der Waals surface area contributed by atoms with Crippen LogP contribution in [-0.4, -0.2) is 36.3 Å². The van der Waals surface area contributed by atoms with Crippen molar-refractivity contribution in [1.29, 1.82) is 5.26 Å². The standard InChI is InChI=1S/C23H22ClN3O4/c1-5-30-20-10-15(9-17(24)22(20)31-12-21(28)29-4)8-16(11-25)23-26-18-6-13(2)14(3)7-19(18)27-23/h6-10H,5,12H2,1-4H3,(H,26,27)/b16-8-. The first-order valence-electron chi connectivity index (χ1n) is 9.61. The molecule has 0 aliphatic rings. The van der Waals surface area contributed by atoms with E-state index in [2.05, 4.69) is 20.8 Å². The Labute approximate surface area is 185 Å². The molecule has 1 N–H and O–H groups in total. The number of carbonyl (C=O) groups excluding carboxylic acids is 1. The molecular weight excluding hydrogens is 418 g/mol. The maximum atomic E-state index is 11.4. The topological polar surface area (TPSA) is 97.2 Å². The number of hydrogen-bond acceptors (Lipinski definition) is 6. The summed E-state index contributed by atoms with van der Waals surface area (Å²) in [5.41, 5.74) is 4.89. The molecule has 8 heteroatoms. The molecular formula is C23H22ClN3O4. The van der Waals surface area contributed by atoms with Gasteiger partial charge in [0.25, 0.3) is 0 Å². The van der Waals surface area contributed by atoms with E-state index in [-0.39, 0.29) is 17.4 Å². The molecule has 0 atom stereocenters. The fraction of sp³-hybridized carbons (Fsp3) is 0.261. The second-order valence-electron chi connectivity index (χ2n) is 6.84. The molecule has 0 unspecified atom stereocenters. The highest BCUT2D eigenvalue weighted by atomic mass is 35.5. The SMILES string of the molecule is CCOc1cc(/C=C(/C#N)c2nc3cc(C)c(C)cc3[nH]2)cc(Cl)c1OCC(=O)OC. The number of aryl methyl sites for hydroxylation is 2. The number of nitrogens with one attached hydrogen (secondary N) is 1. The number of rotatable bonds is 7. The van der Waals surface area contributed by atoms with Crippen LogP contribution in [0, 0.1) is 25.2 Å². The first-order valence-corrected chi connectivity index (χ1v) is 9.99. The maximum Gasteiger partial charge on any atom is 0.343 e. The molecule has 0 amide bonds. The molecule has 31 heavy (non-hydrogen) atoms. The van der Waals surface area contributed by atoms with E-state index in [0.29, 0.717) is 29.3 Å². The normalized spacial score (nSPS) is 11.3. The number of benzene rings is 2. The fourth-order valence-corrected chi connectivity index (χ4v) is 3.26. The summed E-state index contributed by atoms with van der Waals surface area (Å²) in [5.74, 6) is 0.518. The molecule has 0 fully saturated rings. The van der Waals surface area contributed by atoms with E-state index in [4.69, 9.17) is 21.1 Å². The van der Waals surface area contributed by atoms with E-state index in [0.717, 1.165) is 22.2 Å². The van der Waals surface area contributed by atoms with Gasteiger partial charge in [-0.25, -0.2) is 9.78 Å². The van der Waals surface area contributed by atoms with Crippen LogP contribution in [0.3, 0.4) is 0 Å². The van der Waals surface area contributed by atoms with Gasteiger partial charge in [-0.2, -0.15) is 5.26 Å². The molecule has 0 saturated carbocycles. The monoisotopic (exact) mass is 439 g/mol. The van der Waals surface area contributed by atoms with Crippen molar-refractivity contribution in [3.8, 4) is 17.6 Å². The van der Waals surface area contributed by atoms with Gasteiger partial charge in [-0.15, -0.1) is 0 Å². The number of nitriles is 1. The summed E-state index contributed by atoms with van der Waals surface area (Å²) in [5, 5.41) is 9.97. The first kappa shape index (κ1) is 22.2. The third-order valence-corrected chi connectivity index (χ3v) is 4.96. The number of nitrogens with zero attached hydrogens (tertiary/aromatic N) is 2. The Morgan fingerprint density at radius 2 is 1.97 bits per heavy atom. The lowest BCUT2D eigenvalue weighted by atomic mass is 10.1. The van der Waals surface area contributed by atoms with Gasteiger partial charge in [0.2, 0.25) is 0 Å². The Kier molecular flexibility index (Phi) is 6.83. The zero-order chi connectivity index (χ0) is 22.5. The molecule has 0 bridgehead atoms. The number of hydrogen-bond donors (Lipinski definition) is 1. The number of methoxy groups -OCH3 is 1. The molecule has 3 aromatic rings. The third-order valence-electron chi connectivity index (χ3n) is 4.68. The number of H-pyrrole nitrogens is 1. The molecule has 1 aromatic heterocycles. The summed E-state index contributed by atoms with van der Waals surface area (Å²) in [4.78, 5) is 19.2. The quantitative estimate of drug-likeness (QED) is 0.417. The number of halogens is 1. The van der Waals surface area contributed by atoms with Crippen molar-refractivity contribution in [2.24, 2.45) is 0 Å². The van der Waals surface area contributed by atoms with Gasteiger partial charge in [0.1, 0.15) is 11.9 Å². The number of ether oxygens (including phenoxy) is 3. The molecule has 0 radical (unpaired) electrons. The average molecular weight is 440 g/mol. The van der Waals surface area contributed by atoms with Crippen LogP contribution in [-0.2, 0) is 9.53 Å². The van der Waals surface area contributed by atoms with Crippen LogP contribution in [0.25, 0.3) is 22.7 Å². The number of fused-ring (bicyclic) bond motifs is 1. The van der Waals surface area contributed by atoms with Gasteiger partial charge >= 0.3 is 5.97 Å². The summed E-state index contributed by atoms with van der Waals surface area (Å²) in [6.07, 6.45) is 1.66. The number of esters is 1. The molecule has 0 aliphatic heterocycles. The van der Waals surface area contributed by atoms with Crippen molar-refractivity contribution in [2.75, 3.05) is 20.3 Å². The van der Waals surface area contributed by atoms with Crippen LogP contribution in [0.15, 0.2) is 24.3 Å². The highest BCUT2D eigenvalue weighted by Gasteiger charge is 2.15. The van der Waals surface area contributed by atoms with E-state index in [1.54, 1.807) is 18.2 Å². The minimum absolute atomic E-state index is 0.235. The fourth-order valence-electron chi connectivity index (χ4n) is 2.98. The van der Waals surface area contributed by atoms with E-state index >= 15 is 0 Å². The second-order valence-corrected chi connectivity index (χ2v) is 7.24. The van der Waals surface area contributed by atoms with Crippen molar-refractivity contribution in [3.63, 3.8) is 0 Å². The third kappa shape index (κ3) is 4.98. The summed E-state index contributed by atoms with van der Waals surface area (Å²) < 4.78 is 15.7. The van der Waals surface area contributed by atoms with Gasteiger partial charge in [-0.05, 0) is 67.8 Å². The predicted molar refractivity (Wildman–Crippen MR) is 119 cm³/mol. The van der Waals surface area contributed by atoms with Crippen LogP contribution in [0.1, 0.15) is 29.4 Å². The zero-order valence-electron chi connectivity index (χ0n) is 17.7. The number of imidazole rings is 1. The first-order chi connectivity index (χ1) is 14.9. The molecule has 1 heterocycles. The van der Waals surface area contributed by atoms with Crippen molar-refractivity contribution < 1.29 is 19.0 Å². The van der Waals surface area contributed by atoms with Crippen molar-refractivity contribution in [2.45, 2.75) is 20.8 Å². The Bertz CT molecular complexity index is 1170. The van der Waals surface area contributed by atoms with Crippen LogP contribution in [0.2, 0.25) is 5.02 Å². The Morgan fingerprint density at radius 1 is 1.23 bits per heavy atom. The van der Waals surface area contributed by atoms with Crippen LogP contribution < -0.4 is 9.47 Å². The highest BCUT2D eigenvalue weighted by molar-refractivity contribution is 6.32. The largest absolute Gasteiger partial charge is 0.490 e. The van der Waals surface area contributed by atoms with Gasteiger partial charge in [0, 0.05) is 0 Å². The molecule has 0 spiro atoms. The van der Waals surface area contributed by atoms with Crippen LogP contribution >= 0.6 is 11.6 Å². The van der Waals surface area contributed by atoms with Crippen molar-refractivity contribution in [3.05, 3.63) is 51.8 Å². The number of allylic oxidation sites excluding steroid dienone is 1. The Morgan fingerprint density at radius 3 is 2.65 bits per heavy atom. The maximum absolute atomic E-state index is 11.4. The zero-order valence-corrected chi connectivity index (χ0v) is 18.5. The number of carbonyl (C=O) groups is 1. The van der Waals surface area contributed by atoms with Crippen LogP contribution in [0.4, 0.5) is 0 Å². The Hall–Kier alpha value is -3.50. The van der Waals surface area contributed by atoms with E-state index in [1.165, 1.54) is 7.11 Å². The summed E-state index contributed by atoms with van der Waals surface area (Å²) >= 11 is 6.38. The minimum atomic E-state index is -0.537.